The van der Waals surface area contributed by atoms with Crippen molar-refractivity contribution in [2.45, 2.75) is 45.0 Å². The van der Waals surface area contributed by atoms with Gasteiger partial charge in [-0.3, -0.25) is 4.98 Å². The van der Waals surface area contributed by atoms with Crippen molar-refractivity contribution in [1.82, 2.24) is 4.98 Å². The van der Waals surface area contributed by atoms with Crippen molar-refractivity contribution in [2.24, 2.45) is 0 Å². The first kappa shape index (κ1) is 16.2. The van der Waals surface area contributed by atoms with Gasteiger partial charge in [0.15, 0.2) is 8.32 Å². The van der Waals surface area contributed by atoms with Crippen LogP contribution in [0.25, 0.3) is 0 Å². The summed E-state index contributed by atoms with van der Waals surface area (Å²) in [5.41, 5.74) is 3.02. The molecular formula is C16H23NO2SSi. The molecule has 0 saturated heterocycles. The molecule has 0 saturated carbocycles. The van der Waals surface area contributed by atoms with E-state index in [1.165, 1.54) is 5.56 Å². The monoisotopic (exact) mass is 321 g/mol. The van der Waals surface area contributed by atoms with Crippen molar-refractivity contribution in [3.8, 4) is 5.75 Å². The lowest BCUT2D eigenvalue weighted by Gasteiger charge is -2.35. The van der Waals surface area contributed by atoms with Crippen LogP contribution in [0.4, 0.5) is 0 Å². The standard InChI is InChI=1S/C16H23NO2SSi/c1-16(2,21(3,4)18)9-13-6-5-7-14(8-13)19-11-15-10-17-12-20-15/h5-8,10,12,18H,9,11H2,1-4H3. The summed E-state index contributed by atoms with van der Waals surface area (Å²) in [6.07, 6.45) is 2.69. The Morgan fingerprint density at radius 1 is 1.33 bits per heavy atom. The van der Waals surface area contributed by atoms with Crippen molar-refractivity contribution < 1.29 is 9.53 Å². The highest BCUT2D eigenvalue weighted by molar-refractivity contribution is 7.09. The topological polar surface area (TPSA) is 42.4 Å². The van der Waals surface area contributed by atoms with Gasteiger partial charge in [-0.25, -0.2) is 0 Å². The summed E-state index contributed by atoms with van der Waals surface area (Å²) in [5.74, 6) is 0.870. The molecule has 0 fully saturated rings. The molecular weight excluding hydrogens is 298 g/mol. The van der Waals surface area contributed by atoms with Crippen molar-refractivity contribution in [3.05, 3.63) is 46.4 Å². The average molecular weight is 322 g/mol. The molecule has 2 rings (SSSR count). The number of nitrogens with zero attached hydrogens (tertiary/aromatic N) is 1. The SMILES string of the molecule is CC(C)(Cc1cccc(OCc2cncs2)c1)[Si](C)(C)O. The normalized spacial score (nSPS) is 12.4. The van der Waals surface area contributed by atoms with E-state index in [1.807, 2.05) is 36.9 Å². The second-order valence-electron chi connectivity index (χ2n) is 6.52. The maximum Gasteiger partial charge on any atom is 0.188 e. The van der Waals surface area contributed by atoms with E-state index in [0.717, 1.165) is 17.0 Å². The molecule has 3 nitrogen and oxygen atoms in total. The minimum atomic E-state index is -2.19. The quantitative estimate of drug-likeness (QED) is 0.809. The minimum Gasteiger partial charge on any atom is -0.488 e. The van der Waals surface area contributed by atoms with Gasteiger partial charge in [-0.15, -0.1) is 11.3 Å². The fraction of sp³-hybridized carbons (Fsp3) is 0.438. The van der Waals surface area contributed by atoms with E-state index >= 15 is 0 Å². The molecule has 1 aromatic heterocycles. The average Bonchev–Trinajstić information content (AvgIpc) is 2.88. The molecule has 0 aliphatic rings. The lowest BCUT2D eigenvalue weighted by Crippen LogP contribution is -2.40. The van der Waals surface area contributed by atoms with Gasteiger partial charge in [-0.2, -0.15) is 0 Å². The second kappa shape index (κ2) is 6.30. The van der Waals surface area contributed by atoms with Crippen LogP contribution in [0.3, 0.4) is 0 Å². The molecule has 0 bridgehead atoms. The summed E-state index contributed by atoms with van der Waals surface area (Å²) in [6.45, 7) is 8.83. The first-order valence-electron chi connectivity index (χ1n) is 7.09. The third-order valence-corrected chi connectivity index (χ3v) is 8.31. The zero-order valence-electron chi connectivity index (χ0n) is 13.1. The van der Waals surface area contributed by atoms with Crippen molar-refractivity contribution in [2.75, 3.05) is 0 Å². The zero-order chi connectivity index (χ0) is 15.5. The van der Waals surface area contributed by atoms with Crippen molar-refractivity contribution in [3.63, 3.8) is 0 Å². The van der Waals surface area contributed by atoms with E-state index in [4.69, 9.17) is 4.74 Å². The predicted molar refractivity (Wildman–Crippen MR) is 90.3 cm³/mol. The predicted octanol–water partition coefficient (Wildman–Crippen LogP) is 4.24. The van der Waals surface area contributed by atoms with E-state index in [-0.39, 0.29) is 5.04 Å². The Kier molecular flexibility index (Phi) is 4.86. The second-order valence-corrected chi connectivity index (χ2v) is 12.0. The van der Waals surface area contributed by atoms with Gasteiger partial charge in [0.2, 0.25) is 0 Å². The van der Waals surface area contributed by atoms with Gasteiger partial charge in [0, 0.05) is 6.20 Å². The molecule has 0 atom stereocenters. The van der Waals surface area contributed by atoms with Gasteiger partial charge in [-0.1, -0.05) is 26.0 Å². The molecule has 1 N–H and O–H groups in total. The molecule has 0 unspecified atom stereocenters. The molecule has 114 valence electrons. The van der Waals surface area contributed by atoms with Crippen LogP contribution in [-0.4, -0.2) is 18.1 Å². The molecule has 1 heterocycles. The van der Waals surface area contributed by atoms with Gasteiger partial charge >= 0.3 is 0 Å². The summed E-state index contributed by atoms with van der Waals surface area (Å²) in [6, 6.07) is 8.16. The Morgan fingerprint density at radius 3 is 2.71 bits per heavy atom. The smallest absolute Gasteiger partial charge is 0.188 e. The molecule has 2 aromatic rings. The lowest BCUT2D eigenvalue weighted by atomic mass is 10.0. The van der Waals surface area contributed by atoms with Gasteiger partial charge in [-0.05, 0) is 42.2 Å². The maximum absolute atomic E-state index is 10.4. The van der Waals surface area contributed by atoms with Crippen LogP contribution in [0.15, 0.2) is 36.0 Å². The molecule has 0 aliphatic heterocycles. The van der Waals surface area contributed by atoms with E-state index in [0.29, 0.717) is 6.61 Å². The molecule has 0 spiro atoms. The van der Waals surface area contributed by atoms with E-state index < -0.39 is 8.32 Å². The number of thiazole rings is 1. The number of benzene rings is 1. The van der Waals surface area contributed by atoms with Crippen LogP contribution >= 0.6 is 11.3 Å². The number of aromatic nitrogens is 1. The molecule has 21 heavy (non-hydrogen) atoms. The summed E-state index contributed by atoms with van der Waals surface area (Å²) < 4.78 is 5.81. The van der Waals surface area contributed by atoms with Crippen LogP contribution in [0.1, 0.15) is 24.3 Å². The zero-order valence-corrected chi connectivity index (χ0v) is 14.9. The van der Waals surface area contributed by atoms with E-state index in [2.05, 4.69) is 31.0 Å². The summed E-state index contributed by atoms with van der Waals surface area (Å²) in [5, 5.41) is -0.0662. The van der Waals surface area contributed by atoms with E-state index in [1.54, 1.807) is 11.3 Å². The highest BCUT2D eigenvalue weighted by Crippen LogP contribution is 2.39. The van der Waals surface area contributed by atoms with Crippen LogP contribution in [0, 0.1) is 0 Å². The number of ether oxygens (including phenoxy) is 1. The van der Waals surface area contributed by atoms with Crippen LogP contribution in [0.2, 0.25) is 18.1 Å². The Balaban J connectivity index is 2.04. The Labute approximate surface area is 131 Å². The van der Waals surface area contributed by atoms with Gasteiger partial charge in [0.1, 0.15) is 12.4 Å². The molecule has 5 heteroatoms. The minimum absolute atomic E-state index is 0.0662. The Morgan fingerprint density at radius 2 is 2.10 bits per heavy atom. The Hall–Kier alpha value is -1.17. The van der Waals surface area contributed by atoms with Crippen molar-refractivity contribution >= 4 is 19.7 Å². The van der Waals surface area contributed by atoms with E-state index in [9.17, 15) is 4.80 Å². The number of hydrogen-bond donors (Lipinski definition) is 1. The van der Waals surface area contributed by atoms with Crippen LogP contribution in [0.5, 0.6) is 5.75 Å². The van der Waals surface area contributed by atoms with Crippen molar-refractivity contribution in [1.29, 1.82) is 0 Å². The first-order chi connectivity index (χ1) is 9.78. The molecule has 0 radical (unpaired) electrons. The largest absolute Gasteiger partial charge is 0.488 e. The molecule has 0 aliphatic carbocycles. The molecule has 0 amide bonds. The van der Waals surface area contributed by atoms with Crippen LogP contribution in [-0.2, 0) is 13.0 Å². The number of hydrogen-bond acceptors (Lipinski definition) is 4. The van der Waals surface area contributed by atoms with Gasteiger partial charge in [0.05, 0.1) is 10.4 Å². The van der Waals surface area contributed by atoms with Gasteiger partial charge < -0.3 is 9.53 Å². The third-order valence-electron chi connectivity index (χ3n) is 4.07. The first-order valence-corrected chi connectivity index (χ1v) is 10.9. The summed E-state index contributed by atoms with van der Waals surface area (Å²) >= 11 is 1.60. The fourth-order valence-corrected chi connectivity index (χ4v) is 3.08. The fourth-order valence-electron chi connectivity index (χ4n) is 1.94. The van der Waals surface area contributed by atoms with Gasteiger partial charge in [0.25, 0.3) is 0 Å². The summed E-state index contributed by atoms with van der Waals surface area (Å²) in [4.78, 5) is 15.6. The third kappa shape index (κ3) is 4.39. The highest BCUT2D eigenvalue weighted by Gasteiger charge is 2.37. The number of rotatable bonds is 6. The summed E-state index contributed by atoms with van der Waals surface area (Å²) in [7, 11) is -2.19. The highest BCUT2D eigenvalue weighted by atomic mass is 32.1. The lowest BCUT2D eigenvalue weighted by molar-refractivity contribution is 0.309. The maximum atomic E-state index is 10.4. The van der Waals surface area contributed by atoms with Crippen LogP contribution < -0.4 is 4.74 Å². The Bertz CT molecular complexity index is 576. The molecule has 1 aromatic carbocycles.